The van der Waals surface area contributed by atoms with Crippen LogP contribution in [-0.2, 0) is 0 Å². The van der Waals surface area contributed by atoms with E-state index in [4.69, 9.17) is 14.4 Å². The molecule has 0 saturated carbocycles. The van der Waals surface area contributed by atoms with E-state index in [0.29, 0.717) is 11.6 Å². The molecule has 0 radical (unpaired) electrons. The Bertz CT molecular complexity index is 2480. The first-order valence-corrected chi connectivity index (χ1v) is 17.2. The lowest BCUT2D eigenvalue weighted by molar-refractivity contribution is 0.652. The number of rotatable bonds is 6. The Balaban J connectivity index is 1.45. The quantitative estimate of drug-likeness (QED) is 0.184. The number of fused-ring (bicyclic) bond motifs is 5. The topological polar surface area (TPSA) is 43.9 Å². The summed E-state index contributed by atoms with van der Waals surface area (Å²) in [6.45, 7) is 15.7. The van der Waals surface area contributed by atoms with Crippen molar-refractivity contribution in [2.45, 2.75) is 66.2 Å². The molecule has 238 valence electrons. The van der Waals surface area contributed by atoms with E-state index in [0.717, 1.165) is 44.5 Å². The molecular formula is C44H41N3O. The number of aromatic nitrogens is 3. The molecule has 0 saturated heterocycles. The van der Waals surface area contributed by atoms with Crippen LogP contribution < -0.4 is 0 Å². The number of hydrogen-bond donors (Lipinski definition) is 0. The molecule has 0 aliphatic rings. The molecule has 0 atom stereocenters. The third-order valence-corrected chi connectivity index (χ3v) is 9.80. The van der Waals surface area contributed by atoms with Crippen LogP contribution >= 0.6 is 0 Å². The first kappa shape index (κ1) is 30.1. The molecule has 3 aromatic heterocycles. The van der Waals surface area contributed by atoms with Crippen molar-refractivity contribution in [2.75, 3.05) is 0 Å². The molecule has 0 N–H and O–H groups in total. The van der Waals surface area contributed by atoms with Gasteiger partial charge in [-0.25, -0.2) is 9.97 Å². The predicted octanol–water partition coefficient (Wildman–Crippen LogP) is 12.5. The second kappa shape index (κ2) is 11.5. The van der Waals surface area contributed by atoms with E-state index in [1.165, 1.54) is 44.3 Å². The summed E-state index contributed by atoms with van der Waals surface area (Å²) in [6.07, 6.45) is 0. The Morgan fingerprint density at radius 2 is 1.29 bits per heavy atom. The minimum Gasteiger partial charge on any atom is -0.437 e. The van der Waals surface area contributed by atoms with Crippen molar-refractivity contribution in [3.8, 4) is 28.2 Å². The number of furan rings is 1. The minimum atomic E-state index is 0.272. The lowest BCUT2D eigenvalue weighted by Gasteiger charge is -2.24. The summed E-state index contributed by atoms with van der Waals surface area (Å²) < 4.78 is 9.10. The van der Waals surface area contributed by atoms with Crippen LogP contribution in [0.2, 0.25) is 0 Å². The number of nitrogens with zero attached hydrogens (tertiary/aromatic N) is 3. The monoisotopic (exact) mass is 627 g/mol. The molecule has 4 nitrogen and oxygen atoms in total. The Hall–Kier alpha value is -5.22. The second-order valence-corrected chi connectivity index (χ2v) is 14.1. The largest absolute Gasteiger partial charge is 0.437 e. The maximum Gasteiger partial charge on any atom is 0.227 e. The van der Waals surface area contributed by atoms with Gasteiger partial charge in [-0.05, 0) is 112 Å². The van der Waals surface area contributed by atoms with Crippen LogP contribution in [0, 0.1) is 6.92 Å². The van der Waals surface area contributed by atoms with Crippen molar-refractivity contribution < 1.29 is 4.42 Å². The molecule has 4 heteroatoms. The van der Waals surface area contributed by atoms with Gasteiger partial charge in [-0.2, -0.15) is 0 Å². The van der Waals surface area contributed by atoms with Crippen molar-refractivity contribution in [3.63, 3.8) is 0 Å². The number of imidazole rings is 1. The van der Waals surface area contributed by atoms with Gasteiger partial charge in [0, 0.05) is 16.5 Å². The second-order valence-electron chi connectivity index (χ2n) is 14.1. The summed E-state index contributed by atoms with van der Waals surface area (Å²) in [5, 5.41) is 4.69. The highest BCUT2D eigenvalue weighted by molar-refractivity contribution is 6.10. The number of hydrogen-bond acceptors (Lipinski definition) is 3. The van der Waals surface area contributed by atoms with Crippen LogP contribution in [0.5, 0.6) is 0 Å². The van der Waals surface area contributed by atoms with Crippen LogP contribution in [0.15, 0.2) is 108 Å². The Morgan fingerprint density at radius 3 is 2.02 bits per heavy atom. The van der Waals surface area contributed by atoms with Gasteiger partial charge in [-0.1, -0.05) is 96.1 Å². The Kier molecular flexibility index (Phi) is 7.21. The van der Waals surface area contributed by atoms with E-state index in [9.17, 15) is 0 Å². The summed E-state index contributed by atoms with van der Waals surface area (Å²) in [7, 11) is 0. The molecule has 0 amide bonds. The van der Waals surface area contributed by atoms with Crippen molar-refractivity contribution in [2.24, 2.45) is 0 Å². The highest BCUT2D eigenvalue weighted by atomic mass is 16.3. The predicted molar refractivity (Wildman–Crippen MR) is 202 cm³/mol. The van der Waals surface area contributed by atoms with Gasteiger partial charge in [0.1, 0.15) is 11.4 Å². The van der Waals surface area contributed by atoms with E-state index in [1.54, 1.807) is 0 Å². The molecule has 8 aromatic rings. The van der Waals surface area contributed by atoms with Gasteiger partial charge in [0.15, 0.2) is 0 Å². The normalized spacial score (nSPS) is 12.2. The molecule has 0 bridgehead atoms. The van der Waals surface area contributed by atoms with Crippen molar-refractivity contribution in [1.29, 1.82) is 0 Å². The molecule has 0 spiro atoms. The Labute approximate surface area is 282 Å². The molecule has 5 aromatic carbocycles. The van der Waals surface area contributed by atoms with Gasteiger partial charge in [0.2, 0.25) is 5.71 Å². The van der Waals surface area contributed by atoms with Gasteiger partial charge in [-0.15, -0.1) is 0 Å². The summed E-state index contributed by atoms with van der Waals surface area (Å²) in [6, 6.07) is 37.4. The van der Waals surface area contributed by atoms with E-state index in [1.807, 2.05) is 6.92 Å². The van der Waals surface area contributed by atoms with Crippen LogP contribution in [0.3, 0.4) is 0 Å². The smallest absolute Gasteiger partial charge is 0.227 e. The highest BCUT2D eigenvalue weighted by Gasteiger charge is 2.26. The van der Waals surface area contributed by atoms with Gasteiger partial charge in [0.25, 0.3) is 0 Å². The van der Waals surface area contributed by atoms with Gasteiger partial charge in [-0.3, -0.25) is 4.57 Å². The Morgan fingerprint density at radius 1 is 0.604 bits per heavy atom. The van der Waals surface area contributed by atoms with Crippen LogP contribution in [0.25, 0.3) is 72.1 Å². The summed E-state index contributed by atoms with van der Waals surface area (Å²) in [5.41, 5.74) is 13.0. The fraction of sp³-hybridized carbons (Fsp3) is 0.227. The fourth-order valence-electron chi connectivity index (χ4n) is 7.32. The molecule has 8 rings (SSSR count). The third-order valence-electron chi connectivity index (χ3n) is 9.80. The number of aryl methyl sites for hydroxylation is 1. The lowest BCUT2D eigenvalue weighted by atomic mass is 9.87. The summed E-state index contributed by atoms with van der Waals surface area (Å²) in [5.74, 6) is 1.75. The van der Waals surface area contributed by atoms with Crippen molar-refractivity contribution in [3.05, 3.63) is 126 Å². The molecule has 48 heavy (non-hydrogen) atoms. The fourth-order valence-corrected chi connectivity index (χ4v) is 7.32. The average molecular weight is 628 g/mol. The summed E-state index contributed by atoms with van der Waals surface area (Å²) >= 11 is 0. The van der Waals surface area contributed by atoms with Crippen LogP contribution in [0.1, 0.15) is 81.7 Å². The SMILES string of the molecule is Cc1ccc2c(n1)oc1c(-c3nc4ccccc4n3-c3c(C(C)C)cc(-c4ccc5ccccc5c4)cc3C(C)C)ccc(C(C)C)c12. The lowest BCUT2D eigenvalue weighted by Crippen LogP contribution is -2.09. The highest BCUT2D eigenvalue weighted by Crippen LogP contribution is 2.44. The zero-order valence-corrected chi connectivity index (χ0v) is 28.8. The van der Waals surface area contributed by atoms with E-state index in [2.05, 4.69) is 149 Å². The van der Waals surface area contributed by atoms with Gasteiger partial charge >= 0.3 is 0 Å². The molecule has 0 aliphatic heterocycles. The number of benzene rings is 5. The first-order valence-electron chi connectivity index (χ1n) is 17.2. The zero-order chi connectivity index (χ0) is 33.3. The minimum absolute atomic E-state index is 0.272. The molecule has 0 unspecified atom stereocenters. The third kappa shape index (κ3) is 4.81. The molecular weight excluding hydrogens is 587 g/mol. The van der Waals surface area contributed by atoms with Crippen LogP contribution in [0.4, 0.5) is 0 Å². The summed E-state index contributed by atoms with van der Waals surface area (Å²) in [4.78, 5) is 10.2. The zero-order valence-electron chi connectivity index (χ0n) is 28.8. The van der Waals surface area contributed by atoms with Crippen molar-refractivity contribution in [1.82, 2.24) is 14.5 Å². The number of pyridine rings is 1. The maximum absolute atomic E-state index is 6.70. The molecule has 3 heterocycles. The average Bonchev–Trinajstić information content (AvgIpc) is 3.65. The van der Waals surface area contributed by atoms with E-state index in [-0.39, 0.29) is 11.8 Å². The maximum atomic E-state index is 6.70. The van der Waals surface area contributed by atoms with Crippen LogP contribution in [-0.4, -0.2) is 14.5 Å². The van der Waals surface area contributed by atoms with Crippen molar-refractivity contribution >= 4 is 43.9 Å². The van der Waals surface area contributed by atoms with Gasteiger partial charge in [0.05, 0.1) is 22.3 Å². The number of para-hydroxylation sites is 2. The standard InChI is InChI=1S/C44H41N3O/c1-25(2)33-20-21-35(42-40(33)34-19-16-28(7)45-44(34)48-42)43-46-38-14-10-11-15-39(38)47(43)41-36(26(3)4)23-32(24-37(41)27(5)6)31-18-17-29-12-8-9-13-30(29)22-31/h8-27H,1-7H3. The molecule has 0 aliphatic carbocycles. The van der Waals surface area contributed by atoms with Gasteiger partial charge < -0.3 is 4.42 Å². The van der Waals surface area contributed by atoms with E-state index < -0.39 is 0 Å². The van der Waals surface area contributed by atoms with E-state index >= 15 is 0 Å². The first-order chi connectivity index (χ1) is 23.2. The molecule has 0 fully saturated rings.